The number of fused-ring (bicyclic) bond motifs is 1. The number of methoxy groups -OCH3 is 3. The molecule has 2 aliphatic rings. The number of ether oxygens (including phenoxy) is 7. The van der Waals surface area contributed by atoms with Gasteiger partial charge in [0.1, 0.15) is 24.2 Å². The number of benzene rings is 2. The number of anilines is 1. The highest BCUT2D eigenvalue weighted by Crippen LogP contribution is 2.35. The molecule has 0 spiro atoms. The highest BCUT2D eigenvalue weighted by Gasteiger charge is 2.36. The van der Waals surface area contributed by atoms with Crippen LogP contribution < -0.4 is 19.7 Å². The van der Waals surface area contributed by atoms with Crippen molar-refractivity contribution in [2.45, 2.75) is 63.1 Å². The van der Waals surface area contributed by atoms with Crippen molar-refractivity contribution in [1.29, 1.82) is 0 Å². The molecule has 2 aromatic carbocycles. The van der Waals surface area contributed by atoms with Gasteiger partial charge in [0.25, 0.3) is 0 Å². The maximum atomic E-state index is 10.3. The Morgan fingerprint density at radius 3 is 2.50 bits per heavy atom. The predicted octanol–water partition coefficient (Wildman–Crippen LogP) is 3.78. The lowest BCUT2D eigenvalue weighted by Gasteiger charge is -2.39. The van der Waals surface area contributed by atoms with Crippen LogP contribution in [0.1, 0.15) is 43.2 Å². The van der Waals surface area contributed by atoms with E-state index in [1.807, 2.05) is 18.2 Å². The van der Waals surface area contributed by atoms with Crippen molar-refractivity contribution in [1.82, 2.24) is 5.32 Å². The van der Waals surface area contributed by atoms with Gasteiger partial charge in [-0.25, -0.2) is 0 Å². The Morgan fingerprint density at radius 1 is 0.955 bits per heavy atom. The van der Waals surface area contributed by atoms with Crippen molar-refractivity contribution in [3.8, 4) is 11.5 Å². The molecule has 246 valence electrons. The van der Waals surface area contributed by atoms with Gasteiger partial charge in [0.05, 0.1) is 57.0 Å². The molecule has 5 atom stereocenters. The Labute approximate surface area is 262 Å². The molecule has 4 rings (SSSR count). The summed E-state index contributed by atoms with van der Waals surface area (Å²) in [5, 5.41) is 13.8. The minimum absolute atomic E-state index is 0.0332. The molecule has 0 aliphatic carbocycles. The van der Waals surface area contributed by atoms with Crippen LogP contribution in [0.3, 0.4) is 0 Å². The first-order valence-electron chi connectivity index (χ1n) is 15.9. The number of rotatable bonds is 19. The molecule has 2 heterocycles. The molecule has 2 aliphatic heterocycles. The van der Waals surface area contributed by atoms with E-state index in [2.05, 4.69) is 41.4 Å². The number of nitrogens with one attached hydrogen (secondary N) is 1. The first-order valence-corrected chi connectivity index (χ1v) is 15.9. The van der Waals surface area contributed by atoms with Crippen molar-refractivity contribution in [3.05, 3.63) is 53.6 Å². The zero-order valence-corrected chi connectivity index (χ0v) is 26.9. The lowest BCUT2D eigenvalue weighted by atomic mass is 9.85. The molecule has 0 radical (unpaired) electrons. The molecule has 0 amide bonds. The molecule has 10 nitrogen and oxygen atoms in total. The van der Waals surface area contributed by atoms with E-state index in [0.717, 1.165) is 67.3 Å². The number of hydrogen-bond donors (Lipinski definition) is 2. The summed E-state index contributed by atoms with van der Waals surface area (Å²) in [6, 6.07) is 14.6. The third kappa shape index (κ3) is 10.3. The Morgan fingerprint density at radius 2 is 1.75 bits per heavy atom. The highest BCUT2D eigenvalue weighted by molar-refractivity contribution is 5.61. The molecular formula is C34H52N2O8. The Kier molecular flexibility index (Phi) is 14.5. The number of aliphatic hydroxyl groups excluding tert-OH is 1. The lowest BCUT2D eigenvalue weighted by molar-refractivity contribution is -0.0856. The Bertz CT molecular complexity index is 1090. The van der Waals surface area contributed by atoms with E-state index in [1.165, 1.54) is 0 Å². The maximum Gasteiger partial charge on any atom is 0.142 e. The summed E-state index contributed by atoms with van der Waals surface area (Å²) in [6.07, 6.45) is 2.06. The standard InChI is InChI=1S/C34H52N2O8/c1-25(40-4)7-5-17-41-29-11-9-27(10-12-29)34-32(20-35-21-33(34)44-24-28(37)23-39-3)43-22-26-8-13-31-30(19-26)36(15-18-42-31)14-6-16-38-2/h8-13,19,25,28,32-35,37H,5-7,14-18,20-24H2,1-4H3/t25-,28-,32+,33-,34-/m1/s1. The number of hydrogen-bond acceptors (Lipinski definition) is 10. The smallest absolute Gasteiger partial charge is 0.142 e. The second-order valence-corrected chi connectivity index (χ2v) is 11.6. The molecule has 2 aromatic rings. The molecule has 0 aromatic heterocycles. The van der Waals surface area contributed by atoms with Crippen molar-refractivity contribution in [2.75, 3.05) is 85.4 Å². The SMILES string of the molecule is COCCCN1CCOc2ccc(CO[C@H]3CNC[C@@H](OC[C@H](O)COC)[C@@H]3c3ccc(OCCC[C@@H](C)OC)cc3)cc21. The van der Waals surface area contributed by atoms with Crippen LogP contribution in [-0.4, -0.2) is 110 Å². The van der Waals surface area contributed by atoms with Gasteiger partial charge >= 0.3 is 0 Å². The van der Waals surface area contributed by atoms with Crippen LogP contribution in [0.4, 0.5) is 5.69 Å². The first kappa shape index (κ1) is 34.4. The fourth-order valence-corrected chi connectivity index (χ4v) is 5.80. The summed E-state index contributed by atoms with van der Waals surface area (Å²) in [7, 11) is 5.05. The van der Waals surface area contributed by atoms with E-state index >= 15 is 0 Å². The van der Waals surface area contributed by atoms with Crippen molar-refractivity contribution < 1.29 is 38.3 Å². The number of aliphatic hydroxyl groups is 1. The lowest BCUT2D eigenvalue weighted by Crippen LogP contribution is -2.51. The van der Waals surface area contributed by atoms with Crippen LogP contribution in [0, 0.1) is 0 Å². The average Bonchev–Trinajstić information content (AvgIpc) is 3.05. The second kappa shape index (κ2) is 18.5. The van der Waals surface area contributed by atoms with E-state index < -0.39 is 6.10 Å². The second-order valence-electron chi connectivity index (χ2n) is 11.6. The summed E-state index contributed by atoms with van der Waals surface area (Å²) in [5.41, 5.74) is 3.31. The van der Waals surface area contributed by atoms with E-state index in [-0.39, 0.29) is 37.4 Å². The van der Waals surface area contributed by atoms with Crippen LogP contribution in [0.5, 0.6) is 11.5 Å². The van der Waals surface area contributed by atoms with E-state index in [4.69, 9.17) is 33.2 Å². The summed E-state index contributed by atoms with van der Waals surface area (Å²) in [6.45, 7) is 8.13. The van der Waals surface area contributed by atoms with Gasteiger partial charge in [0.2, 0.25) is 0 Å². The van der Waals surface area contributed by atoms with Gasteiger partial charge < -0.3 is 48.5 Å². The molecule has 1 saturated heterocycles. The van der Waals surface area contributed by atoms with Crippen LogP contribution >= 0.6 is 0 Å². The zero-order chi connectivity index (χ0) is 31.1. The Hall–Kier alpha value is -2.44. The summed E-state index contributed by atoms with van der Waals surface area (Å²) < 4.78 is 40.5. The maximum absolute atomic E-state index is 10.3. The molecule has 0 saturated carbocycles. The minimum atomic E-state index is -0.692. The minimum Gasteiger partial charge on any atom is -0.494 e. The molecule has 44 heavy (non-hydrogen) atoms. The quantitative estimate of drug-likeness (QED) is 0.227. The van der Waals surface area contributed by atoms with Crippen LogP contribution in [0.25, 0.3) is 0 Å². The molecule has 0 unspecified atom stereocenters. The summed E-state index contributed by atoms with van der Waals surface area (Å²) >= 11 is 0. The van der Waals surface area contributed by atoms with Gasteiger partial charge in [0.15, 0.2) is 0 Å². The van der Waals surface area contributed by atoms with Gasteiger partial charge in [-0.1, -0.05) is 18.2 Å². The molecule has 1 fully saturated rings. The van der Waals surface area contributed by atoms with Gasteiger partial charge in [-0.2, -0.15) is 0 Å². The molecular weight excluding hydrogens is 564 g/mol. The number of piperidine rings is 1. The van der Waals surface area contributed by atoms with Gasteiger partial charge in [-0.15, -0.1) is 0 Å². The average molecular weight is 617 g/mol. The largest absolute Gasteiger partial charge is 0.494 e. The van der Waals surface area contributed by atoms with E-state index in [1.54, 1.807) is 21.3 Å². The first-order chi connectivity index (χ1) is 21.5. The van der Waals surface area contributed by atoms with E-state index in [0.29, 0.717) is 32.9 Å². The fraction of sp³-hybridized carbons (Fsp3) is 0.647. The highest BCUT2D eigenvalue weighted by atomic mass is 16.5. The summed E-state index contributed by atoms with van der Waals surface area (Å²) in [4.78, 5) is 2.36. The zero-order valence-electron chi connectivity index (χ0n) is 26.9. The third-order valence-electron chi connectivity index (χ3n) is 8.27. The topological polar surface area (TPSA) is 100 Å². The van der Waals surface area contributed by atoms with Gasteiger partial charge in [-0.3, -0.25) is 0 Å². The van der Waals surface area contributed by atoms with E-state index in [9.17, 15) is 5.11 Å². The predicted molar refractivity (Wildman–Crippen MR) is 170 cm³/mol. The number of nitrogens with zero attached hydrogens (tertiary/aromatic N) is 1. The summed E-state index contributed by atoms with van der Waals surface area (Å²) in [5.74, 6) is 1.71. The van der Waals surface area contributed by atoms with Crippen molar-refractivity contribution in [3.63, 3.8) is 0 Å². The van der Waals surface area contributed by atoms with Gasteiger partial charge in [0, 0.05) is 53.5 Å². The fourth-order valence-electron chi connectivity index (χ4n) is 5.80. The normalized spacial score (nSPS) is 21.4. The monoisotopic (exact) mass is 616 g/mol. The van der Waals surface area contributed by atoms with Gasteiger partial charge in [-0.05, 0) is 61.6 Å². The Balaban J connectivity index is 1.44. The van der Waals surface area contributed by atoms with Crippen molar-refractivity contribution >= 4 is 5.69 Å². The van der Waals surface area contributed by atoms with Crippen LogP contribution in [-0.2, 0) is 30.3 Å². The molecule has 0 bridgehead atoms. The third-order valence-corrected chi connectivity index (χ3v) is 8.27. The van der Waals surface area contributed by atoms with Crippen LogP contribution in [0.2, 0.25) is 0 Å². The molecule has 10 heteroatoms. The van der Waals surface area contributed by atoms with Crippen LogP contribution in [0.15, 0.2) is 42.5 Å². The van der Waals surface area contributed by atoms with Crippen molar-refractivity contribution in [2.24, 2.45) is 0 Å². The molecule has 2 N–H and O–H groups in total.